The van der Waals surface area contributed by atoms with E-state index in [1.165, 1.54) is 14.2 Å². The van der Waals surface area contributed by atoms with Gasteiger partial charge in [-0.15, -0.1) is 4.52 Å². The monoisotopic (exact) mass is 416 g/mol. The van der Waals surface area contributed by atoms with Crippen LogP contribution in [0.3, 0.4) is 0 Å². The van der Waals surface area contributed by atoms with Gasteiger partial charge in [0.05, 0.1) is 38.1 Å². The van der Waals surface area contributed by atoms with Crippen molar-refractivity contribution < 1.29 is 32.8 Å². The van der Waals surface area contributed by atoms with E-state index in [2.05, 4.69) is 15.1 Å². The summed E-state index contributed by atoms with van der Waals surface area (Å²) in [6.45, 7) is 5.19. The molecular weight excluding hydrogens is 389 g/mol. The molecule has 4 atom stereocenters. The number of rotatable bonds is 10. The van der Waals surface area contributed by atoms with Crippen molar-refractivity contribution in [3.05, 3.63) is 11.8 Å². The number of methoxy groups -OCH3 is 2. The predicted molar refractivity (Wildman–Crippen MR) is 99.4 cm³/mol. The van der Waals surface area contributed by atoms with E-state index in [-0.39, 0.29) is 30.9 Å². The van der Waals surface area contributed by atoms with Gasteiger partial charge in [-0.2, -0.15) is 4.98 Å². The molecule has 28 heavy (non-hydrogen) atoms. The molecule has 0 aromatic carbocycles. The lowest BCUT2D eigenvalue weighted by Gasteiger charge is -2.15. The van der Waals surface area contributed by atoms with Gasteiger partial charge in [0.1, 0.15) is 12.6 Å². The Morgan fingerprint density at radius 1 is 1.32 bits per heavy atom. The fourth-order valence-electron chi connectivity index (χ4n) is 2.63. The van der Waals surface area contributed by atoms with E-state index in [9.17, 15) is 9.36 Å². The van der Waals surface area contributed by atoms with Crippen LogP contribution >= 0.6 is 8.18 Å². The summed E-state index contributed by atoms with van der Waals surface area (Å²) in [5.74, 6) is -0.0885. The average Bonchev–Trinajstić information content (AvgIpc) is 3.14. The standard InChI is InChI=1S/C17H27N3O7P/c1-10(2)26-16(21)11(3)20-28(22)25-9-12-6-7-14(27-12)13-8-18-17(24-5)19-15(13)23-4/h8,10-12,14H,6-7,9H2,1-5H3,(H,20,22)/q+1/t11-,12?,14?/m1/s1. The summed E-state index contributed by atoms with van der Waals surface area (Å²) >= 11 is 0. The number of nitrogens with one attached hydrogen (secondary N) is 1. The second kappa shape index (κ2) is 10.6. The van der Waals surface area contributed by atoms with Gasteiger partial charge in [-0.25, -0.2) is 4.98 Å². The normalized spacial score (nSPS) is 20.7. The molecule has 1 aromatic rings. The fourth-order valence-corrected chi connectivity index (χ4v) is 3.43. The molecule has 2 rings (SSSR count). The maximum atomic E-state index is 12.0. The first kappa shape index (κ1) is 22.4. The first-order chi connectivity index (χ1) is 13.3. The Kier molecular flexibility index (Phi) is 8.50. The van der Waals surface area contributed by atoms with E-state index in [4.69, 9.17) is 23.5 Å². The van der Waals surface area contributed by atoms with Crippen LogP contribution in [-0.4, -0.2) is 55.0 Å². The molecule has 0 aliphatic carbocycles. The maximum absolute atomic E-state index is 12.0. The number of hydrogen-bond donors (Lipinski definition) is 1. The Morgan fingerprint density at radius 3 is 2.71 bits per heavy atom. The highest BCUT2D eigenvalue weighted by atomic mass is 31.1. The zero-order valence-electron chi connectivity index (χ0n) is 16.7. The number of nitrogens with zero attached hydrogens (tertiary/aromatic N) is 2. The summed E-state index contributed by atoms with van der Waals surface area (Å²) in [5, 5.41) is 2.59. The quantitative estimate of drug-likeness (QED) is 0.450. The first-order valence-electron chi connectivity index (χ1n) is 9.01. The Morgan fingerprint density at radius 2 is 2.07 bits per heavy atom. The second-order valence-corrected chi connectivity index (χ2v) is 7.57. The lowest BCUT2D eigenvalue weighted by Crippen LogP contribution is -2.33. The highest BCUT2D eigenvalue weighted by Gasteiger charge is 2.34. The molecule has 0 saturated carbocycles. The summed E-state index contributed by atoms with van der Waals surface area (Å²) in [6, 6.07) is -0.518. The summed E-state index contributed by atoms with van der Waals surface area (Å²) in [6.07, 6.45) is 2.33. The molecule has 0 radical (unpaired) electrons. The van der Waals surface area contributed by atoms with Crippen LogP contribution in [0.15, 0.2) is 6.20 Å². The highest BCUT2D eigenvalue weighted by Crippen LogP contribution is 2.37. The van der Waals surface area contributed by atoms with Gasteiger partial charge in [0, 0.05) is 6.20 Å². The van der Waals surface area contributed by atoms with Crippen LogP contribution in [0.2, 0.25) is 0 Å². The Bertz CT molecular complexity index is 689. The number of esters is 1. The minimum Gasteiger partial charge on any atom is -0.481 e. The Labute approximate surface area is 165 Å². The average molecular weight is 416 g/mol. The van der Waals surface area contributed by atoms with Crippen molar-refractivity contribution in [2.75, 3.05) is 20.8 Å². The molecule has 1 aromatic heterocycles. The van der Waals surface area contributed by atoms with Crippen molar-refractivity contribution in [1.29, 1.82) is 0 Å². The van der Waals surface area contributed by atoms with Crippen LogP contribution in [0.4, 0.5) is 0 Å². The topological polar surface area (TPSA) is 118 Å². The SMILES string of the molecule is COc1ncc(C2CCC(CO[P+](=O)N[C@H](C)C(=O)OC(C)C)O2)c(OC)n1. The van der Waals surface area contributed by atoms with Crippen molar-refractivity contribution in [1.82, 2.24) is 15.1 Å². The molecule has 10 nitrogen and oxygen atoms in total. The van der Waals surface area contributed by atoms with Gasteiger partial charge in [0.2, 0.25) is 5.88 Å². The molecule has 3 unspecified atom stereocenters. The Hall–Kier alpha value is -1.87. The summed E-state index contributed by atoms with van der Waals surface area (Å²) in [7, 11) is 0.770. The lowest BCUT2D eigenvalue weighted by molar-refractivity contribution is -0.149. The van der Waals surface area contributed by atoms with Gasteiger partial charge in [-0.05, 0) is 38.2 Å². The van der Waals surface area contributed by atoms with Crippen LogP contribution in [0.25, 0.3) is 0 Å². The summed E-state index contributed by atoms with van der Waals surface area (Å²) < 4.78 is 38.6. The molecular formula is C17H27N3O7P+. The first-order valence-corrected chi connectivity index (χ1v) is 10.2. The maximum Gasteiger partial charge on any atom is 0.613 e. The van der Waals surface area contributed by atoms with Crippen molar-refractivity contribution >= 4 is 14.1 Å². The number of carbonyl (C=O) groups excluding carboxylic acids is 1. The minimum absolute atomic E-state index is 0.129. The van der Waals surface area contributed by atoms with E-state index in [0.717, 1.165) is 12.0 Å². The molecule has 1 saturated heterocycles. The number of carbonyl (C=O) groups is 1. The zero-order chi connectivity index (χ0) is 20.7. The van der Waals surface area contributed by atoms with Crippen LogP contribution < -0.4 is 14.6 Å². The molecule has 1 N–H and O–H groups in total. The molecule has 1 aliphatic rings. The molecule has 0 spiro atoms. The smallest absolute Gasteiger partial charge is 0.481 e. The van der Waals surface area contributed by atoms with Gasteiger partial charge < -0.3 is 18.9 Å². The van der Waals surface area contributed by atoms with E-state index in [1.54, 1.807) is 27.0 Å². The third-order valence-corrected chi connectivity index (χ3v) is 4.95. The highest BCUT2D eigenvalue weighted by molar-refractivity contribution is 7.36. The van der Waals surface area contributed by atoms with E-state index < -0.39 is 20.2 Å². The van der Waals surface area contributed by atoms with Gasteiger partial charge >= 0.3 is 20.2 Å². The van der Waals surface area contributed by atoms with Gasteiger partial charge in [0.15, 0.2) is 0 Å². The van der Waals surface area contributed by atoms with E-state index >= 15 is 0 Å². The molecule has 1 aliphatic heterocycles. The van der Waals surface area contributed by atoms with Crippen molar-refractivity contribution in [3.63, 3.8) is 0 Å². The van der Waals surface area contributed by atoms with Crippen LogP contribution in [0.1, 0.15) is 45.3 Å². The van der Waals surface area contributed by atoms with Crippen LogP contribution in [-0.2, 0) is 23.4 Å². The van der Waals surface area contributed by atoms with Crippen molar-refractivity contribution in [3.8, 4) is 11.9 Å². The second-order valence-electron chi connectivity index (χ2n) is 6.53. The van der Waals surface area contributed by atoms with E-state index in [0.29, 0.717) is 12.3 Å². The molecule has 2 heterocycles. The zero-order valence-corrected chi connectivity index (χ0v) is 17.6. The van der Waals surface area contributed by atoms with Crippen LogP contribution in [0.5, 0.6) is 11.9 Å². The van der Waals surface area contributed by atoms with E-state index in [1.807, 2.05) is 0 Å². The molecule has 156 valence electrons. The number of ether oxygens (including phenoxy) is 4. The molecule has 11 heteroatoms. The van der Waals surface area contributed by atoms with Crippen LogP contribution in [0, 0.1) is 0 Å². The van der Waals surface area contributed by atoms with Gasteiger partial charge in [-0.3, -0.25) is 4.79 Å². The molecule has 0 amide bonds. The third kappa shape index (κ3) is 6.34. The fraction of sp³-hybridized carbons (Fsp3) is 0.706. The summed E-state index contributed by atoms with van der Waals surface area (Å²) in [4.78, 5) is 20.0. The van der Waals surface area contributed by atoms with Crippen molar-refractivity contribution in [2.24, 2.45) is 0 Å². The lowest BCUT2D eigenvalue weighted by atomic mass is 10.1. The van der Waals surface area contributed by atoms with Gasteiger partial charge in [0.25, 0.3) is 0 Å². The number of hydrogen-bond acceptors (Lipinski definition) is 9. The molecule has 0 bridgehead atoms. The molecule has 1 fully saturated rings. The summed E-state index contributed by atoms with van der Waals surface area (Å²) in [5.41, 5.74) is 0.721. The Balaban J connectivity index is 1.82. The minimum atomic E-state index is -2.22. The van der Waals surface area contributed by atoms with Gasteiger partial charge in [-0.1, -0.05) is 5.09 Å². The third-order valence-electron chi connectivity index (χ3n) is 3.97. The predicted octanol–water partition coefficient (Wildman–Crippen LogP) is 2.32. The largest absolute Gasteiger partial charge is 0.613 e. The van der Waals surface area contributed by atoms with Crippen molar-refractivity contribution in [2.45, 2.75) is 58.0 Å². The number of aromatic nitrogens is 2.